The van der Waals surface area contributed by atoms with E-state index in [9.17, 15) is 13.5 Å². The molecule has 0 aromatic heterocycles. The van der Waals surface area contributed by atoms with Crippen LogP contribution in [-0.2, 0) is 10.0 Å². The molecule has 0 bridgehead atoms. The molecule has 1 aromatic carbocycles. The number of nitrogen functional groups attached to an aromatic ring is 1. The molecule has 2 atom stereocenters. The van der Waals surface area contributed by atoms with Gasteiger partial charge in [-0.1, -0.05) is 11.6 Å². The first-order valence-electron chi connectivity index (χ1n) is 6.11. The Morgan fingerprint density at radius 1 is 1.42 bits per heavy atom. The third-order valence-corrected chi connectivity index (χ3v) is 5.07. The van der Waals surface area contributed by atoms with E-state index in [1.165, 1.54) is 18.2 Å². The van der Waals surface area contributed by atoms with Crippen molar-refractivity contribution in [3.05, 3.63) is 23.2 Å². The van der Waals surface area contributed by atoms with Crippen molar-refractivity contribution in [2.24, 2.45) is 5.92 Å². The molecule has 1 aliphatic rings. The second kappa shape index (κ2) is 5.66. The highest BCUT2D eigenvalue weighted by molar-refractivity contribution is 7.89. The Morgan fingerprint density at radius 2 is 2.16 bits per heavy atom. The summed E-state index contributed by atoms with van der Waals surface area (Å²) in [6.07, 6.45) is 1.89. The van der Waals surface area contributed by atoms with E-state index in [4.69, 9.17) is 17.3 Å². The van der Waals surface area contributed by atoms with E-state index in [1.54, 1.807) is 0 Å². The third-order valence-electron chi connectivity index (χ3n) is 3.34. The van der Waals surface area contributed by atoms with Crippen LogP contribution in [0.4, 0.5) is 5.69 Å². The predicted octanol–water partition coefficient (Wildman–Crippen LogP) is 1.36. The number of nitrogens with two attached hydrogens (primary N) is 1. The molecule has 0 saturated heterocycles. The highest BCUT2D eigenvalue weighted by Crippen LogP contribution is 2.26. The molecule has 1 aromatic rings. The van der Waals surface area contributed by atoms with E-state index in [0.717, 1.165) is 12.8 Å². The van der Waals surface area contributed by atoms with Crippen molar-refractivity contribution >= 4 is 27.3 Å². The highest BCUT2D eigenvalue weighted by atomic mass is 35.5. The summed E-state index contributed by atoms with van der Waals surface area (Å²) in [7, 11) is -3.63. The summed E-state index contributed by atoms with van der Waals surface area (Å²) in [6.45, 7) is 0.321. The van der Waals surface area contributed by atoms with Crippen LogP contribution in [0.25, 0.3) is 0 Å². The van der Waals surface area contributed by atoms with Crippen molar-refractivity contribution in [2.45, 2.75) is 30.3 Å². The summed E-state index contributed by atoms with van der Waals surface area (Å²) >= 11 is 5.74. The van der Waals surface area contributed by atoms with Gasteiger partial charge in [0.1, 0.15) is 4.90 Å². The molecule has 2 unspecified atom stereocenters. The summed E-state index contributed by atoms with van der Waals surface area (Å²) in [4.78, 5) is 0.0374. The van der Waals surface area contributed by atoms with Crippen LogP contribution in [-0.4, -0.2) is 26.2 Å². The number of aliphatic hydroxyl groups excluding tert-OH is 1. The Kier molecular flexibility index (Phi) is 4.35. The lowest BCUT2D eigenvalue weighted by Crippen LogP contribution is -2.29. The molecule has 1 fully saturated rings. The molecule has 1 saturated carbocycles. The Bertz CT molecular complexity index is 562. The second-order valence-corrected chi connectivity index (χ2v) is 7.04. The summed E-state index contributed by atoms with van der Waals surface area (Å²) in [5.41, 5.74) is 5.80. The maximum Gasteiger partial charge on any atom is 0.242 e. The minimum atomic E-state index is -3.63. The largest absolute Gasteiger partial charge is 0.398 e. The van der Waals surface area contributed by atoms with E-state index in [2.05, 4.69) is 4.72 Å². The lowest BCUT2D eigenvalue weighted by Gasteiger charge is -2.12. The maximum atomic E-state index is 12.1. The fraction of sp³-hybridized carbons (Fsp3) is 0.500. The number of anilines is 1. The van der Waals surface area contributed by atoms with E-state index in [0.29, 0.717) is 18.0 Å². The van der Waals surface area contributed by atoms with Gasteiger partial charge in [-0.3, -0.25) is 0 Å². The Morgan fingerprint density at radius 3 is 2.74 bits per heavy atom. The molecule has 0 radical (unpaired) electrons. The molecule has 2 rings (SSSR count). The normalized spacial score (nSPS) is 23.7. The fourth-order valence-electron chi connectivity index (χ4n) is 2.30. The topological polar surface area (TPSA) is 92.4 Å². The number of halogens is 1. The summed E-state index contributed by atoms with van der Waals surface area (Å²) in [6, 6.07) is 4.30. The molecular formula is C12H17ClN2O3S. The van der Waals surface area contributed by atoms with Crippen LogP contribution in [0, 0.1) is 5.92 Å². The number of rotatable bonds is 4. The van der Waals surface area contributed by atoms with E-state index >= 15 is 0 Å². The number of nitrogens with one attached hydrogen (secondary N) is 1. The highest BCUT2D eigenvalue weighted by Gasteiger charge is 2.25. The average molecular weight is 305 g/mol. The van der Waals surface area contributed by atoms with Crippen LogP contribution in [0.5, 0.6) is 0 Å². The van der Waals surface area contributed by atoms with Crippen LogP contribution in [0.15, 0.2) is 23.1 Å². The van der Waals surface area contributed by atoms with E-state index in [-0.39, 0.29) is 22.6 Å². The van der Waals surface area contributed by atoms with Crippen LogP contribution in [0.1, 0.15) is 19.3 Å². The molecule has 0 heterocycles. The van der Waals surface area contributed by atoms with Gasteiger partial charge in [0, 0.05) is 11.6 Å². The van der Waals surface area contributed by atoms with Crippen molar-refractivity contribution in [3.8, 4) is 0 Å². The lowest BCUT2D eigenvalue weighted by atomic mass is 10.1. The zero-order valence-electron chi connectivity index (χ0n) is 10.3. The molecule has 19 heavy (non-hydrogen) atoms. The molecule has 0 aliphatic heterocycles. The second-order valence-electron chi connectivity index (χ2n) is 4.87. The summed E-state index contributed by atoms with van der Waals surface area (Å²) in [5.74, 6) is 0.179. The average Bonchev–Trinajstić information content (AvgIpc) is 2.72. The van der Waals surface area contributed by atoms with Gasteiger partial charge in [0.05, 0.1) is 11.8 Å². The quantitative estimate of drug-likeness (QED) is 0.732. The van der Waals surface area contributed by atoms with Gasteiger partial charge in [-0.15, -0.1) is 0 Å². The van der Waals surface area contributed by atoms with E-state index < -0.39 is 10.0 Å². The van der Waals surface area contributed by atoms with E-state index in [1.807, 2.05) is 0 Å². The third kappa shape index (κ3) is 3.60. The molecule has 0 amide bonds. The maximum absolute atomic E-state index is 12.1. The molecule has 5 nitrogen and oxygen atoms in total. The molecule has 4 N–H and O–H groups in total. The van der Waals surface area contributed by atoms with Crippen molar-refractivity contribution in [3.63, 3.8) is 0 Å². The summed E-state index contributed by atoms with van der Waals surface area (Å²) < 4.78 is 26.7. The van der Waals surface area contributed by atoms with Gasteiger partial charge in [-0.2, -0.15) is 0 Å². The molecule has 1 aliphatic carbocycles. The predicted molar refractivity (Wildman–Crippen MR) is 74.4 cm³/mol. The first-order valence-corrected chi connectivity index (χ1v) is 7.97. The minimum Gasteiger partial charge on any atom is -0.398 e. The fourth-order valence-corrected chi connectivity index (χ4v) is 3.71. The Hall–Kier alpha value is -0.820. The molecule has 7 heteroatoms. The summed E-state index contributed by atoms with van der Waals surface area (Å²) in [5, 5.41) is 9.81. The van der Waals surface area contributed by atoms with Crippen LogP contribution < -0.4 is 10.5 Å². The van der Waals surface area contributed by atoms with Gasteiger partial charge in [0.15, 0.2) is 0 Å². The molecule has 0 spiro atoms. The molecular weight excluding hydrogens is 288 g/mol. The van der Waals surface area contributed by atoms with Gasteiger partial charge in [-0.25, -0.2) is 13.1 Å². The monoisotopic (exact) mass is 304 g/mol. The molecule has 106 valence electrons. The van der Waals surface area contributed by atoms with Gasteiger partial charge in [0.2, 0.25) is 10.0 Å². The Labute approximate surface area is 117 Å². The number of hydrogen-bond donors (Lipinski definition) is 3. The minimum absolute atomic E-state index is 0.0374. The van der Waals surface area contributed by atoms with Crippen molar-refractivity contribution in [1.82, 2.24) is 4.72 Å². The Balaban J connectivity index is 2.06. The smallest absolute Gasteiger partial charge is 0.242 e. The van der Waals surface area contributed by atoms with Crippen LogP contribution in [0.2, 0.25) is 5.02 Å². The van der Waals surface area contributed by atoms with Crippen molar-refractivity contribution < 1.29 is 13.5 Å². The number of aliphatic hydroxyl groups is 1. The van der Waals surface area contributed by atoms with Crippen LogP contribution >= 0.6 is 11.6 Å². The van der Waals surface area contributed by atoms with Crippen LogP contribution in [0.3, 0.4) is 0 Å². The van der Waals surface area contributed by atoms with Gasteiger partial charge >= 0.3 is 0 Å². The first kappa shape index (κ1) is 14.6. The van der Waals surface area contributed by atoms with Gasteiger partial charge in [-0.05, 0) is 43.4 Å². The van der Waals surface area contributed by atoms with Gasteiger partial charge < -0.3 is 10.8 Å². The number of hydrogen-bond acceptors (Lipinski definition) is 4. The lowest BCUT2D eigenvalue weighted by molar-refractivity contribution is 0.178. The van der Waals surface area contributed by atoms with Crippen molar-refractivity contribution in [2.75, 3.05) is 12.3 Å². The zero-order chi connectivity index (χ0) is 14.0. The SMILES string of the molecule is Nc1cc(Cl)ccc1S(=O)(=O)NCC1CCC(O)C1. The number of benzene rings is 1. The zero-order valence-corrected chi connectivity index (χ0v) is 11.9. The number of sulfonamides is 1. The first-order chi connectivity index (χ1) is 8.88. The van der Waals surface area contributed by atoms with Gasteiger partial charge in [0.25, 0.3) is 0 Å². The van der Waals surface area contributed by atoms with Crippen molar-refractivity contribution in [1.29, 1.82) is 0 Å². The standard InChI is InChI=1S/C12H17ClN2O3S/c13-9-2-4-12(11(14)6-9)19(17,18)15-7-8-1-3-10(16)5-8/h2,4,6,8,10,15-16H,1,3,5,7,14H2.